The fraction of sp³-hybridized carbons (Fsp3) is 1.00. The SMILES string of the molecule is CCCCCCCCCC[P+](=O)O.[Cr]. The van der Waals surface area contributed by atoms with Gasteiger partial charge in [0.15, 0.2) is 6.16 Å². The van der Waals surface area contributed by atoms with Gasteiger partial charge in [-0.1, -0.05) is 45.4 Å². The standard InChI is InChI=1S/C10H21O2P.Cr/c1-2-3-4-5-6-7-8-9-10-13(11)12;/h2-10H2,1H3;/p+1. The van der Waals surface area contributed by atoms with Crippen molar-refractivity contribution in [3.8, 4) is 0 Å². The molecule has 0 spiro atoms. The molecule has 84 valence electrons. The topological polar surface area (TPSA) is 37.3 Å². The Balaban J connectivity index is 0. The maximum absolute atomic E-state index is 10.3. The molecule has 0 heterocycles. The van der Waals surface area contributed by atoms with Gasteiger partial charge in [0, 0.05) is 17.4 Å². The molecule has 0 aliphatic rings. The van der Waals surface area contributed by atoms with E-state index in [2.05, 4.69) is 6.92 Å². The molecule has 0 aromatic carbocycles. The van der Waals surface area contributed by atoms with Crippen LogP contribution >= 0.6 is 8.03 Å². The van der Waals surface area contributed by atoms with Crippen molar-refractivity contribution in [2.75, 3.05) is 6.16 Å². The summed E-state index contributed by atoms with van der Waals surface area (Å²) in [5.41, 5.74) is 0. The first-order chi connectivity index (χ1) is 6.27. The van der Waals surface area contributed by atoms with Crippen molar-refractivity contribution in [3.05, 3.63) is 0 Å². The Morgan fingerprint density at radius 1 is 0.929 bits per heavy atom. The van der Waals surface area contributed by atoms with E-state index >= 15 is 0 Å². The summed E-state index contributed by atoms with van der Waals surface area (Å²) in [4.78, 5) is 8.53. The molecule has 0 aliphatic heterocycles. The van der Waals surface area contributed by atoms with Crippen LogP contribution in [0.2, 0.25) is 0 Å². The van der Waals surface area contributed by atoms with E-state index in [1.807, 2.05) is 0 Å². The molecule has 0 aliphatic carbocycles. The Bertz CT molecular complexity index is 131. The summed E-state index contributed by atoms with van der Waals surface area (Å²) in [6.07, 6.45) is 10.4. The van der Waals surface area contributed by atoms with Gasteiger partial charge in [0.1, 0.15) is 0 Å². The molecule has 1 unspecified atom stereocenters. The minimum absolute atomic E-state index is 0. The Morgan fingerprint density at radius 2 is 1.36 bits per heavy atom. The van der Waals surface area contributed by atoms with Crippen molar-refractivity contribution >= 4 is 8.03 Å². The third-order valence-corrected chi connectivity index (χ3v) is 2.90. The van der Waals surface area contributed by atoms with Crippen molar-refractivity contribution in [1.29, 1.82) is 0 Å². The first-order valence-electron chi connectivity index (χ1n) is 5.41. The summed E-state index contributed by atoms with van der Waals surface area (Å²) in [5, 5.41) is 0. The summed E-state index contributed by atoms with van der Waals surface area (Å²) >= 11 is 0. The van der Waals surface area contributed by atoms with Crippen LogP contribution < -0.4 is 0 Å². The summed E-state index contributed by atoms with van der Waals surface area (Å²) in [7, 11) is -1.88. The van der Waals surface area contributed by atoms with E-state index < -0.39 is 8.03 Å². The van der Waals surface area contributed by atoms with Gasteiger partial charge in [-0.2, -0.15) is 4.89 Å². The zero-order valence-electron chi connectivity index (χ0n) is 9.07. The molecule has 0 saturated heterocycles. The first kappa shape index (κ1) is 17.0. The van der Waals surface area contributed by atoms with E-state index in [4.69, 9.17) is 4.89 Å². The van der Waals surface area contributed by atoms with Gasteiger partial charge in [-0.25, -0.2) is 0 Å². The number of unbranched alkanes of at least 4 members (excludes halogenated alkanes) is 7. The number of hydrogen-bond donors (Lipinski definition) is 1. The molecule has 1 N–H and O–H groups in total. The molecule has 2 nitrogen and oxygen atoms in total. The van der Waals surface area contributed by atoms with E-state index in [9.17, 15) is 4.57 Å². The monoisotopic (exact) mass is 257 g/mol. The van der Waals surface area contributed by atoms with E-state index in [1.165, 1.54) is 38.5 Å². The van der Waals surface area contributed by atoms with Crippen molar-refractivity contribution in [1.82, 2.24) is 0 Å². The molecule has 0 aromatic rings. The van der Waals surface area contributed by atoms with Crippen LogP contribution in [0.1, 0.15) is 58.3 Å². The van der Waals surface area contributed by atoms with Crippen molar-refractivity contribution < 1.29 is 26.8 Å². The molecule has 0 saturated carbocycles. The van der Waals surface area contributed by atoms with Crippen LogP contribution in [-0.4, -0.2) is 11.1 Å². The van der Waals surface area contributed by atoms with Gasteiger partial charge in [-0.3, -0.25) is 0 Å². The van der Waals surface area contributed by atoms with Crippen molar-refractivity contribution in [2.45, 2.75) is 58.3 Å². The van der Waals surface area contributed by atoms with Crippen molar-refractivity contribution in [2.24, 2.45) is 0 Å². The third kappa shape index (κ3) is 15.1. The molecule has 0 aromatic heterocycles. The summed E-state index contributed by atoms with van der Waals surface area (Å²) < 4.78 is 10.3. The summed E-state index contributed by atoms with van der Waals surface area (Å²) in [6, 6.07) is 0. The average molecular weight is 257 g/mol. The average Bonchev–Trinajstić information content (AvgIpc) is 2.09. The van der Waals surface area contributed by atoms with Crippen LogP contribution in [0.5, 0.6) is 0 Å². The quantitative estimate of drug-likeness (QED) is 0.503. The minimum Gasteiger partial charge on any atom is -0.161 e. The Morgan fingerprint density at radius 3 is 1.79 bits per heavy atom. The second-order valence-corrected chi connectivity index (χ2v) is 4.70. The molecule has 1 atom stereocenters. The van der Waals surface area contributed by atoms with Gasteiger partial charge in [0.05, 0.1) is 0 Å². The van der Waals surface area contributed by atoms with Crippen LogP contribution in [0.4, 0.5) is 0 Å². The fourth-order valence-electron chi connectivity index (χ4n) is 1.38. The molecule has 4 heteroatoms. The molecular formula is C10H22CrO2P+. The normalized spacial score (nSPS) is 10.9. The van der Waals surface area contributed by atoms with Gasteiger partial charge in [0.25, 0.3) is 0 Å². The molecular weight excluding hydrogens is 235 g/mol. The van der Waals surface area contributed by atoms with Gasteiger partial charge < -0.3 is 0 Å². The van der Waals surface area contributed by atoms with E-state index in [0.717, 1.165) is 12.8 Å². The van der Waals surface area contributed by atoms with Gasteiger partial charge in [-0.15, -0.1) is 0 Å². The van der Waals surface area contributed by atoms with E-state index in [0.29, 0.717) is 6.16 Å². The Labute approximate surface area is 99.5 Å². The van der Waals surface area contributed by atoms with Gasteiger partial charge in [0.2, 0.25) is 0 Å². The van der Waals surface area contributed by atoms with Crippen LogP contribution in [0.25, 0.3) is 0 Å². The van der Waals surface area contributed by atoms with Crippen molar-refractivity contribution in [3.63, 3.8) is 0 Å². The van der Waals surface area contributed by atoms with Crippen LogP contribution in [0, 0.1) is 0 Å². The molecule has 0 radical (unpaired) electrons. The van der Waals surface area contributed by atoms with Crippen LogP contribution in [-0.2, 0) is 21.9 Å². The number of rotatable bonds is 9. The number of hydrogen-bond acceptors (Lipinski definition) is 1. The third-order valence-electron chi connectivity index (χ3n) is 2.20. The van der Waals surface area contributed by atoms with Crippen LogP contribution in [0.3, 0.4) is 0 Å². The van der Waals surface area contributed by atoms with E-state index in [-0.39, 0.29) is 17.4 Å². The smallest absolute Gasteiger partial charge is 0.161 e. The molecule has 0 bridgehead atoms. The van der Waals surface area contributed by atoms with Crippen LogP contribution in [0.15, 0.2) is 0 Å². The predicted molar refractivity (Wildman–Crippen MR) is 57.3 cm³/mol. The summed E-state index contributed by atoms with van der Waals surface area (Å²) in [6.45, 7) is 2.22. The zero-order valence-corrected chi connectivity index (χ0v) is 11.2. The Kier molecular flexibility index (Phi) is 16.5. The summed E-state index contributed by atoms with van der Waals surface area (Å²) in [5.74, 6) is 0. The maximum atomic E-state index is 10.3. The van der Waals surface area contributed by atoms with Gasteiger partial charge in [-0.05, 0) is 17.4 Å². The molecule has 0 amide bonds. The predicted octanol–water partition coefficient (Wildman–Crippen LogP) is 3.86. The minimum atomic E-state index is -1.88. The first-order valence-corrected chi connectivity index (χ1v) is 6.80. The molecule has 14 heavy (non-hydrogen) atoms. The Hall–Kier alpha value is 0.592. The zero-order chi connectivity index (χ0) is 9.94. The van der Waals surface area contributed by atoms with E-state index in [1.54, 1.807) is 0 Å². The molecule has 0 fully saturated rings. The largest absolute Gasteiger partial charge is 0.505 e. The molecule has 0 rings (SSSR count). The maximum Gasteiger partial charge on any atom is 0.505 e. The second-order valence-electron chi connectivity index (χ2n) is 3.55. The van der Waals surface area contributed by atoms with Gasteiger partial charge >= 0.3 is 8.03 Å². The second kappa shape index (κ2) is 13.6. The fourth-order valence-corrected chi connectivity index (χ4v) is 1.88.